The Morgan fingerprint density at radius 2 is 2.00 bits per heavy atom. The Labute approximate surface area is 123 Å². The van der Waals surface area contributed by atoms with Crippen LogP contribution in [0.15, 0.2) is 24.3 Å². The van der Waals surface area contributed by atoms with Gasteiger partial charge in [0, 0.05) is 5.56 Å². The Bertz CT molecular complexity index is 508. The number of alkyl halides is 2. The van der Waals surface area contributed by atoms with Gasteiger partial charge >= 0.3 is 0 Å². The molecule has 1 amide bonds. The number of amides is 1. The van der Waals surface area contributed by atoms with Gasteiger partial charge in [-0.05, 0) is 12.0 Å². The number of para-hydroxylation sites is 1. The minimum atomic E-state index is -2.57. The molecule has 2 rings (SSSR count). The van der Waals surface area contributed by atoms with Crippen molar-refractivity contribution < 1.29 is 18.3 Å². The van der Waals surface area contributed by atoms with Gasteiger partial charge in [0.05, 0.1) is 19.7 Å². The third-order valence-corrected chi connectivity index (χ3v) is 3.63. The maximum Gasteiger partial charge on any atom is 0.255 e. The summed E-state index contributed by atoms with van der Waals surface area (Å²) in [5.41, 5.74) is 0.692. The fourth-order valence-corrected chi connectivity index (χ4v) is 2.61. The highest BCUT2D eigenvalue weighted by atomic mass is 19.3. The van der Waals surface area contributed by atoms with Crippen LogP contribution in [0.25, 0.3) is 0 Å². The van der Waals surface area contributed by atoms with Crippen molar-refractivity contribution in [1.82, 2.24) is 10.2 Å². The predicted molar refractivity (Wildman–Crippen MR) is 75.2 cm³/mol. The molecule has 4 nitrogen and oxygen atoms in total. The third kappa shape index (κ3) is 3.15. The smallest absolute Gasteiger partial charge is 0.255 e. The summed E-state index contributed by atoms with van der Waals surface area (Å²) in [5.74, 6) is 0.310. The van der Waals surface area contributed by atoms with Crippen molar-refractivity contribution in [2.75, 3.05) is 13.7 Å². The molecule has 1 N–H and O–H groups in total. The van der Waals surface area contributed by atoms with Crippen LogP contribution in [0.2, 0.25) is 0 Å². The average Bonchev–Trinajstić information content (AvgIpc) is 2.76. The third-order valence-electron chi connectivity index (χ3n) is 3.63. The van der Waals surface area contributed by atoms with Crippen molar-refractivity contribution in [3.63, 3.8) is 0 Å². The van der Waals surface area contributed by atoms with Crippen LogP contribution in [0.5, 0.6) is 5.75 Å². The number of hydrogen-bond acceptors (Lipinski definition) is 3. The summed E-state index contributed by atoms with van der Waals surface area (Å²) in [6.07, 6.45) is -3.16. The van der Waals surface area contributed by atoms with Gasteiger partial charge < -0.3 is 9.64 Å². The first kappa shape index (κ1) is 15.7. The molecule has 1 aromatic rings. The highest BCUT2D eigenvalue weighted by Gasteiger charge is 2.42. The Morgan fingerprint density at radius 3 is 2.57 bits per heavy atom. The van der Waals surface area contributed by atoms with Crippen molar-refractivity contribution in [2.45, 2.75) is 32.5 Å². The van der Waals surface area contributed by atoms with E-state index in [2.05, 4.69) is 5.32 Å². The lowest BCUT2D eigenvalue weighted by Crippen LogP contribution is -2.36. The molecule has 0 spiro atoms. The fraction of sp³-hybridized carbons (Fsp3) is 0.533. The number of halogens is 2. The van der Waals surface area contributed by atoms with Crippen molar-refractivity contribution in [3.8, 4) is 5.75 Å². The van der Waals surface area contributed by atoms with E-state index in [0.29, 0.717) is 11.3 Å². The van der Waals surface area contributed by atoms with Crippen molar-refractivity contribution in [3.05, 3.63) is 29.8 Å². The quantitative estimate of drug-likeness (QED) is 0.907. The van der Waals surface area contributed by atoms with Gasteiger partial charge in [0.2, 0.25) is 5.91 Å². The molecule has 2 unspecified atom stereocenters. The van der Waals surface area contributed by atoms with Gasteiger partial charge in [-0.3, -0.25) is 10.1 Å². The van der Waals surface area contributed by atoms with Crippen LogP contribution in [-0.2, 0) is 4.79 Å². The summed E-state index contributed by atoms with van der Waals surface area (Å²) >= 11 is 0. The molecule has 0 saturated carbocycles. The molecular weight excluding hydrogens is 278 g/mol. The number of benzene rings is 1. The maximum absolute atomic E-state index is 12.8. The molecule has 1 aliphatic heterocycles. The van der Waals surface area contributed by atoms with Crippen LogP contribution < -0.4 is 10.1 Å². The number of rotatable bonds is 5. The molecule has 1 saturated heterocycles. The molecular formula is C15H20F2N2O2. The van der Waals surface area contributed by atoms with E-state index in [0.717, 1.165) is 0 Å². The average molecular weight is 298 g/mol. The van der Waals surface area contributed by atoms with E-state index >= 15 is 0 Å². The van der Waals surface area contributed by atoms with E-state index in [4.69, 9.17) is 4.74 Å². The molecule has 1 heterocycles. The van der Waals surface area contributed by atoms with E-state index in [1.54, 1.807) is 24.3 Å². The maximum atomic E-state index is 12.8. The second-order valence-electron chi connectivity index (χ2n) is 5.41. The van der Waals surface area contributed by atoms with E-state index in [9.17, 15) is 13.6 Å². The summed E-state index contributed by atoms with van der Waals surface area (Å²) in [6, 6.07) is 6.68. The molecule has 0 aromatic heterocycles. The molecule has 0 radical (unpaired) electrons. The monoisotopic (exact) mass is 298 g/mol. The summed E-state index contributed by atoms with van der Waals surface area (Å²) in [5, 5.41) is 3.15. The molecule has 1 aromatic carbocycles. The first-order valence-electron chi connectivity index (χ1n) is 6.93. The van der Waals surface area contributed by atoms with Crippen LogP contribution in [0, 0.1) is 5.92 Å². The molecule has 2 atom stereocenters. The van der Waals surface area contributed by atoms with Crippen LogP contribution in [0.3, 0.4) is 0 Å². The van der Waals surface area contributed by atoms with Crippen LogP contribution in [0.4, 0.5) is 8.78 Å². The summed E-state index contributed by atoms with van der Waals surface area (Å²) in [7, 11) is 1.52. The summed E-state index contributed by atoms with van der Waals surface area (Å²) in [4.78, 5) is 13.6. The Balaban J connectivity index is 2.36. The van der Waals surface area contributed by atoms with Crippen LogP contribution in [0.1, 0.15) is 25.6 Å². The van der Waals surface area contributed by atoms with Gasteiger partial charge in [-0.15, -0.1) is 0 Å². The predicted octanol–water partition coefficient (Wildman–Crippen LogP) is 2.42. The minimum Gasteiger partial charge on any atom is -0.496 e. The van der Waals surface area contributed by atoms with E-state index in [-0.39, 0.29) is 11.8 Å². The van der Waals surface area contributed by atoms with E-state index < -0.39 is 25.2 Å². The number of hydrogen-bond donors (Lipinski definition) is 1. The zero-order valence-electron chi connectivity index (χ0n) is 12.3. The SMILES string of the molecule is COc1ccccc1C1NC(C(C)C)C(=O)N1CC(F)F. The number of carbonyl (C=O) groups excluding carboxylic acids is 1. The molecule has 0 aliphatic carbocycles. The minimum absolute atomic E-state index is 0.0254. The van der Waals surface area contributed by atoms with Gasteiger partial charge in [0.25, 0.3) is 6.43 Å². The molecule has 1 fully saturated rings. The second kappa shape index (κ2) is 6.39. The lowest BCUT2D eigenvalue weighted by Gasteiger charge is -2.25. The lowest BCUT2D eigenvalue weighted by molar-refractivity contribution is -0.132. The Kier molecular flexibility index (Phi) is 4.77. The lowest BCUT2D eigenvalue weighted by atomic mass is 10.1. The zero-order valence-corrected chi connectivity index (χ0v) is 12.3. The normalized spacial score (nSPS) is 22.4. The second-order valence-corrected chi connectivity index (χ2v) is 5.41. The first-order chi connectivity index (χ1) is 9.95. The first-order valence-corrected chi connectivity index (χ1v) is 6.93. The Hall–Kier alpha value is -1.69. The number of nitrogens with zero attached hydrogens (tertiary/aromatic N) is 1. The fourth-order valence-electron chi connectivity index (χ4n) is 2.61. The van der Waals surface area contributed by atoms with Gasteiger partial charge in [0.1, 0.15) is 11.9 Å². The van der Waals surface area contributed by atoms with Crippen molar-refractivity contribution in [2.24, 2.45) is 5.92 Å². The van der Waals surface area contributed by atoms with Gasteiger partial charge in [-0.1, -0.05) is 32.0 Å². The Morgan fingerprint density at radius 1 is 1.33 bits per heavy atom. The van der Waals surface area contributed by atoms with E-state index in [1.807, 2.05) is 13.8 Å². The molecule has 1 aliphatic rings. The van der Waals surface area contributed by atoms with Crippen molar-refractivity contribution in [1.29, 1.82) is 0 Å². The highest BCUT2D eigenvalue weighted by Crippen LogP contribution is 2.33. The largest absolute Gasteiger partial charge is 0.496 e. The molecule has 116 valence electrons. The number of nitrogens with one attached hydrogen (secondary N) is 1. The highest BCUT2D eigenvalue weighted by molar-refractivity contribution is 5.85. The summed E-state index contributed by atoms with van der Waals surface area (Å²) in [6.45, 7) is 3.19. The summed E-state index contributed by atoms with van der Waals surface area (Å²) < 4.78 is 30.9. The topological polar surface area (TPSA) is 41.6 Å². The number of methoxy groups -OCH3 is 1. The van der Waals surface area contributed by atoms with Gasteiger partial charge in [-0.25, -0.2) is 8.78 Å². The molecule has 21 heavy (non-hydrogen) atoms. The van der Waals surface area contributed by atoms with Crippen molar-refractivity contribution >= 4 is 5.91 Å². The molecule has 6 heteroatoms. The van der Waals surface area contributed by atoms with Crippen LogP contribution in [-0.4, -0.2) is 36.9 Å². The molecule has 0 bridgehead atoms. The zero-order chi connectivity index (χ0) is 15.6. The van der Waals surface area contributed by atoms with Crippen LogP contribution >= 0.6 is 0 Å². The van der Waals surface area contributed by atoms with E-state index in [1.165, 1.54) is 12.0 Å². The van der Waals surface area contributed by atoms with Gasteiger partial charge in [-0.2, -0.15) is 0 Å². The number of carbonyl (C=O) groups is 1. The number of ether oxygens (including phenoxy) is 1. The standard InChI is InChI=1S/C15H20F2N2O2/c1-9(2)13-15(20)19(8-12(16)17)14(18-13)10-6-4-5-7-11(10)21-3/h4-7,9,12-14,18H,8H2,1-3H3. The van der Waals surface area contributed by atoms with Gasteiger partial charge in [0.15, 0.2) is 0 Å².